The lowest BCUT2D eigenvalue weighted by atomic mass is 9.88. The molecule has 1 aliphatic carbocycles. The Bertz CT molecular complexity index is 798. The van der Waals surface area contributed by atoms with Crippen LogP contribution in [0, 0.1) is 24.2 Å². The number of hydrogen-bond donors (Lipinski definition) is 1. The van der Waals surface area contributed by atoms with Crippen LogP contribution in [0.15, 0.2) is 4.52 Å². The minimum atomic E-state index is -0.247. The van der Waals surface area contributed by atoms with Gasteiger partial charge in [0.05, 0.1) is 11.3 Å². The third-order valence-corrected chi connectivity index (χ3v) is 5.52. The van der Waals surface area contributed by atoms with E-state index in [0.717, 1.165) is 24.8 Å². The Morgan fingerprint density at radius 1 is 1.57 bits per heavy atom. The van der Waals surface area contributed by atoms with Crippen LogP contribution >= 0.6 is 11.3 Å². The quantitative estimate of drug-likeness (QED) is 0.927. The summed E-state index contributed by atoms with van der Waals surface area (Å²) in [5.74, 6) is 0.889. The van der Waals surface area contributed by atoms with Crippen LogP contribution in [0.5, 0.6) is 0 Å². The summed E-state index contributed by atoms with van der Waals surface area (Å²) in [6.07, 6.45) is 3.62. The van der Waals surface area contributed by atoms with Crippen LogP contribution < -0.4 is 5.32 Å². The van der Waals surface area contributed by atoms with Gasteiger partial charge >= 0.3 is 0 Å². The van der Waals surface area contributed by atoms with Crippen molar-refractivity contribution in [3.05, 3.63) is 33.0 Å². The third-order valence-electron chi connectivity index (χ3n) is 4.35. The molecule has 1 aliphatic rings. The Hall–Kier alpha value is -2.13. The fraction of sp³-hybridized carbons (Fsp3) is 0.471. The van der Waals surface area contributed by atoms with E-state index in [0.29, 0.717) is 39.9 Å². The summed E-state index contributed by atoms with van der Waals surface area (Å²) in [6.45, 7) is 5.88. The first-order chi connectivity index (χ1) is 11.0. The maximum absolute atomic E-state index is 12.6. The van der Waals surface area contributed by atoms with Crippen LogP contribution in [0.4, 0.5) is 5.00 Å². The van der Waals surface area contributed by atoms with Crippen LogP contribution in [-0.2, 0) is 19.3 Å². The number of nitrogens with zero attached hydrogens (tertiary/aromatic N) is 2. The van der Waals surface area contributed by atoms with Gasteiger partial charge in [0.2, 0.25) is 0 Å². The number of rotatable bonds is 3. The average molecular weight is 329 g/mol. The van der Waals surface area contributed by atoms with Crippen molar-refractivity contribution in [2.75, 3.05) is 5.32 Å². The van der Waals surface area contributed by atoms with Gasteiger partial charge in [-0.1, -0.05) is 19.0 Å². The molecule has 0 saturated carbocycles. The van der Waals surface area contributed by atoms with Crippen molar-refractivity contribution in [1.82, 2.24) is 5.16 Å². The van der Waals surface area contributed by atoms with E-state index in [2.05, 4.69) is 23.5 Å². The maximum atomic E-state index is 12.6. The number of anilines is 1. The number of amides is 1. The molecule has 0 radical (unpaired) electrons. The Kier molecular flexibility index (Phi) is 4.22. The van der Waals surface area contributed by atoms with Crippen LogP contribution in [0.3, 0.4) is 0 Å². The van der Waals surface area contributed by atoms with Crippen molar-refractivity contribution in [2.24, 2.45) is 5.92 Å². The van der Waals surface area contributed by atoms with E-state index >= 15 is 0 Å². The molecular formula is C17H19N3O2S. The first-order valence-electron chi connectivity index (χ1n) is 7.86. The molecule has 2 aromatic heterocycles. The van der Waals surface area contributed by atoms with Crippen molar-refractivity contribution in [2.45, 2.75) is 46.5 Å². The molecule has 2 aromatic rings. The summed E-state index contributed by atoms with van der Waals surface area (Å²) < 4.78 is 5.12. The maximum Gasteiger partial charge on any atom is 0.261 e. The molecule has 1 atom stereocenters. The fourth-order valence-corrected chi connectivity index (χ4v) is 4.43. The molecule has 0 fully saturated rings. The number of nitriles is 1. The Labute approximate surface area is 139 Å². The standard InChI is InChI=1S/C17H19N3O2S/c1-4-13-15(10(3)22-20-13)16(21)19-17-12(8-18)11-6-5-9(2)7-14(11)23-17/h9H,4-7H2,1-3H3,(H,19,21). The Balaban J connectivity index is 1.93. The molecule has 3 rings (SSSR count). The molecule has 0 aliphatic heterocycles. The van der Waals surface area contributed by atoms with E-state index in [9.17, 15) is 10.1 Å². The largest absolute Gasteiger partial charge is 0.361 e. The van der Waals surface area contributed by atoms with Gasteiger partial charge in [-0.3, -0.25) is 4.79 Å². The summed E-state index contributed by atoms with van der Waals surface area (Å²) in [5.41, 5.74) is 2.87. The molecular weight excluding hydrogens is 310 g/mol. The summed E-state index contributed by atoms with van der Waals surface area (Å²) in [4.78, 5) is 13.8. The normalized spacial score (nSPS) is 16.7. The molecule has 5 nitrogen and oxygen atoms in total. The van der Waals surface area contributed by atoms with Gasteiger partial charge < -0.3 is 9.84 Å². The number of hydrogen-bond acceptors (Lipinski definition) is 5. The molecule has 120 valence electrons. The Morgan fingerprint density at radius 2 is 2.35 bits per heavy atom. The summed E-state index contributed by atoms with van der Waals surface area (Å²) in [6, 6.07) is 2.27. The van der Waals surface area contributed by atoms with E-state index in [1.165, 1.54) is 16.2 Å². The van der Waals surface area contributed by atoms with Gasteiger partial charge in [-0.2, -0.15) is 5.26 Å². The third kappa shape index (κ3) is 2.77. The number of nitrogens with one attached hydrogen (secondary N) is 1. The number of carbonyl (C=O) groups excluding carboxylic acids is 1. The van der Waals surface area contributed by atoms with Crippen molar-refractivity contribution in [3.8, 4) is 6.07 Å². The van der Waals surface area contributed by atoms with Gasteiger partial charge in [0.25, 0.3) is 5.91 Å². The molecule has 0 aromatic carbocycles. The fourth-order valence-electron chi connectivity index (χ4n) is 3.07. The highest BCUT2D eigenvalue weighted by Crippen LogP contribution is 2.39. The molecule has 1 unspecified atom stereocenters. The van der Waals surface area contributed by atoms with E-state index in [1.807, 2.05) is 6.92 Å². The zero-order chi connectivity index (χ0) is 16.6. The second kappa shape index (κ2) is 6.17. The molecule has 1 N–H and O–H groups in total. The van der Waals surface area contributed by atoms with Gasteiger partial charge in [0, 0.05) is 4.88 Å². The van der Waals surface area contributed by atoms with Crippen LogP contribution in [0.1, 0.15) is 58.1 Å². The lowest BCUT2D eigenvalue weighted by molar-refractivity contribution is 0.102. The van der Waals surface area contributed by atoms with Gasteiger partial charge in [-0.05, 0) is 44.1 Å². The number of aromatic nitrogens is 1. The number of carbonyl (C=O) groups is 1. The van der Waals surface area contributed by atoms with Crippen molar-refractivity contribution in [3.63, 3.8) is 0 Å². The molecule has 0 spiro atoms. The average Bonchev–Trinajstić information content (AvgIpc) is 3.06. The smallest absolute Gasteiger partial charge is 0.261 e. The molecule has 2 heterocycles. The van der Waals surface area contributed by atoms with Crippen LogP contribution in [-0.4, -0.2) is 11.1 Å². The Morgan fingerprint density at radius 3 is 3.04 bits per heavy atom. The molecule has 0 bridgehead atoms. The highest BCUT2D eigenvalue weighted by atomic mass is 32.1. The van der Waals surface area contributed by atoms with Gasteiger partial charge in [-0.25, -0.2) is 0 Å². The van der Waals surface area contributed by atoms with Crippen molar-refractivity contribution in [1.29, 1.82) is 5.26 Å². The lowest BCUT2D eigenvalue weighted by Gasteiger charge is -2.17. The lowest BCUT2D eigenvalue weighted by Crippen LogP contribution is -2.14. The van der Waals surface area contributed by atoms with Crippen molar-refractivity contribution < 1.29 is 9.32 Å². The first kappa shape index (κ1) is 15.8. The minimum Gasteiger partial charge on any atom is -0.361 e. The SMILES string of the molecule is CCc1noc(C)c1C(=O)Nc1sc2c(c1C#N)CCC(C)C2. The second-order valence-electron chi connectivity index (χ2n) is 6.04. The highest BCUT2D eigenvalue weighted by molar-refractivity contribution is 7.16. The van der Waals surface area contributed by atoms with Gasteiger partial charge in [-0.15, -0.1) is 11.3 Å². The topological polar surface area (TPSA) is 78.9 Å². The highest BCUT2D eigenvalue weighted by Gasteiger charge is 2.26. The predicted molar refractivity (Wildman–Crippen MR) is 88.8 cm³/mol. The number of thiophene rings is 1. The molecule has 6 heteroatoms. The monoisotopic (exact) mass is 329 g/mol. The zero-order valence-electron chi connectivity index (χ0n) is 13.5. The zero-order valence-corrected chi connectivity index (χ0v) is 14.3. The minimum absolute atomic E-state index is 0.247. The van der Waals surface area contributed by atoms with E-state index in [-0.39, 0.29) is 5.91 Å². The molecule has 0 saturated heterocycles. The summed E-state index contributed by atoms with van der Waals surface area (Å²) in [5, 5.41) is 17.0. The van der Waals surface area contributed by atoms with E-state index < -0.39 is 0 Å². The van der Waals surface area contributed by atoms with Crippen LogP contribution in [0.25, 0.3) is 0 Å². The number of aryl methyl sites for hydroxylation is 2. The van der Waals surface area contributed by atoms with Gasteiger partial charge in [0.15, 0.2) is 0 Å². The second-order valence-corrected chi connectivity index (χ2v) is 7.14. The van der Waals surface area contributed by atoms with Crippen molar-refractivity contribution >= 4 is 22.2 Å². The summed E-state index contributed by atoms with van der Waals surface area (Å²) >= 11 is 1.53. The predicted octanol–water partition coefficient (Wildman–Crippen LogP) is 3.86. The van der Waals surface area contributed by atoms with Crippen LogP contribution in [0.2, 0.25) is 0 Å². The van der Waals surface area contributed by atoms with Gasteiger partial charge in [0.1, 0.15) is 22.4 Å². The van der Waals surface area contributed by atoms with E-state index in [4.69, 9.17) is 4.52 Å². The first-order valence-corrected chi connectivity index (χ1v) is 8.67. The summed E-state index contributed by atoms with van der Waals surface area (Å²) in [7, 11) is 0. The number of fused-ring (bicyclic) bond motifs is 1. The van der Waals surface area contributed by atoms with E-state index in [1.54, 1.807) is 6.92 Å². The molecule has 23 heavy (non-hydrogen) atoms. The molecule has 1 amide bonds.